The van der Waals surface area contributed by atoms with Crippen LogP contribution < -0.4 is 5.32 Å². The SMILES string of the molecule is N#Cc1ccccc1Nc1ccc(Cl)c(F)c1. The highest BCUT2D eigenvalue weighted by Crippen LogP contribution is 2.23. The lowest BCUT2D eigenvalue weighted by Gasteiger charge is -2.08. The van der Waals surface area contributed by atoms with E-state index in [0.717, 1.165) is 0 Å². The van der Waals surface area contributed by atoms with Crippen molar-refractivity contribution in [2.24, 2.45) is 0 Å². The monoisotopic (exact) mass is 246 g/mol. The molecule has 0 saturated heterocycles. The second-order valence-corrected chi connectivity index (χ2v) is 3.82. The Morgan fingerprint density at radius 1 is 1.18 bits per heavy atom. The quantitative estimate of drug-likeness (QED) is 0.866. The van der Waals surface area contributed by atoms with E-state index in [2.05, 4.69) is 11.4 Å². The summed E-state index contributed by atoms with van der Waals surface area (Å²) in [5, 5.41) is 12.0. The van der Waals surface area contributed by atoms with E-state index in [4.69, 9.17) is 16.9 Å². The Morgan fingerprint density at radius 2 is 1.94 bits per heavy atom. The first kappa shape index (κ1) is 11.4. The van der Waals surface area contributed by atoms with Crippen LogP contribution in [0.2, 0.25) is 5.02 Å². The Balaban J connectivity index is 2.32. The molecule has 0 atom stereocenters. The van der Waals surface area contributed by atoms with Crippen LogP contribution in [0, 0.1) is 17.1 Å². The Morgan fingerprint density at radius 3 is 2.65 bits per heavy atom. The minimum absolute atomic E-state index is 0.0733. The van der Waals surface area contributed by atoms with Crippen LogP contribution in [-0.2, 0) is 0 Å². The molecule has 1 N–H and O–H groups in total. The van der Waals surface area contributed by atoms with Crippen molar-refractivity contribution in [2.75, 3.05) is 5.32 Å². The third kappa shape index (κ3) is 2.55. The molecule has 0 bridgehead atoms. The summed E-state index contributed by atoms with van der Waals surface area (Å²) in [5.74, 6) is -0.494. The Kier molecular flexibility index (Phi) is 3.27. The van der Waals surface area contributed by atoms with Gasteiger partial charge in [0.05, 0.1) is 16.3 Å². The Hall–Kier alpha value is -2.05. The maximum Gasteiger partial charge on any atom is 0.143 e. The molecule has 0 aliphatic heterocycles. The standard InChI is InChI=1S/C13H8ClFN2/c14-11-6-5-10(7-12(11)15)17-13-4-2-1-3-9(13)8-16/h1-7,17H. The van der Waals surface area contributed by atoms with Gasteiger partial charge < -0.3 is 5.32 Å². The van der Waals surface area contributed by atoms with Gasteiger partial charge in [0.15, 0.2) is 0 Å². The summed E-state index contributed by atoms with van der Waals surface area (Å²) in [6.45, 7) is 0. The molecule has 17 heavy (non-hydrogen) atoms. The summed E-state index contributed by atoms with van der Waals surface area (Å²) in [7, 11) is 0. The second kappa shape index (κ2) is 4.86. The van der Waals surface area contributed by atoms with Crippen molar-refractivity contribution in [1.82, 2.24) is 0 Å². The van der Waals surface area contributed by atoms with Crippen LogP contribution >= 0.6 is 11.6 Å². The van der Waals surface area contributed by atoms with Crippen LogP contribution in [-0.4, -0.2) is 0 Å². The lowest BCUT2D eigenvalue weighted by Crippen LogP contribution is -1.93. The molecule has 2 aromatic rings. The number of para-hydroxylation sites is 1. The molecule has 0 aliphatic rings. The first-order valence-corrected chi connectivity index (χ1v) is 5.29. The van der Waals surface area contributed by atoms with Crippen molar-refractivity contribution in [3.05, 3.63) is 58.9 Å². The predicted octanol–water partition coefficient (Wildman–Crippen LogP) is 4.09. The van der Waals surface area contributed by atoms with Crippen molar-refractivity contribution in [2.45, 2.75) is 0 Å². The number of nitrogens with zero attached hydrogens (tertiary/aromatic N) is 1. The fourth-order valence-electron chi connectivity index (χ4n) is 1.42. The zero-order valence-electron chi connectivity index (χ0n) is 8.74. The number of hydrogen-bond donors (Lipinski definition) is 1. The summed E-state index contributed by atoms with van der Waals surface area (Å²) in [6.07, 6.45) is 0. The normalized spacial score (nSPS) is 9.71. The van der Waals surface area contributed by atoms with Gasteiger partial charge in [-0.2, -0.15) is 5.26 Å². The van der Waals surface area contributed by atoms with Crippen molar-refractivity contribution >= 4 is 23.0 Å². The lowest BCUT2D eigenvalue weighted by molar-refractivity contribution is 0.629. The van der Waals surface area contributed by atoms with E-state index in [1.165, 1.54) is 12.1 Å². The number of nitrogens with one attached hydrogen (secondary N) is 1. The minimum atomic E-state index is -0.494. The smallest absolute Gasteiger partial charge is 0.143 e. The molecule has 0 aliphatic carbocycles. The molecule has 0 radical (unpaired) electrons. The highest BCUT2D eigenvalue weighted by atomic mass is 35.5. The van der Waals surface area contributed by atoms with Gasteiger partial charge in [-0.15, -0.1) is 0 Å². The molecule has 0 unspecified atom stereocenters. The van der Waals surface area contributed by atoms with Gasteiger partial charge in [-0.05, 0) is 30.3 Å². The second-order valence-electron chi connectivity index (χ2n) is 3.41. The largest absolute Gasteiger partial charge is 0.354 e. The molecule has 0 saturated carbocycles. The number of hydrogen-bond acceptors (Lipinski definition) is 2. The van der Waals surface area contributed by atoms with E-state index < -0.39 is 5.82 Å². The molecule has 0 spiro atoms. The van der Waals surface area contributed by atoms with Crippen LogP contribution in [0.4, 0.5) is 15.8 Å². The van der Waals surface area contributed by atoms with Gasteiger partial charge in [0.1, 0.15) is 11.9 Å². The van der Waals surface area contributed by atoms with Crippen molar-refractivity contribution in [1.29, 1.82) is 5.26 Å². The van der Waals surface area contributed by atoms with Crippen LogP contribution in [0.5, 0.6) is 0 Å². The van der Waals surface area contributed by atoms with Crippen LogP contribution in [0.3, 0.4) is 0 Å². The molecule has 0 amide bonds. The van der Waals surface area contributed by atoms with E-state index in [-0.39, 0.29) is 5.02 Å². The van der Waals surface area contributed by atoms with Gasteiger partial charge in [0.2, 0.25) is 0 Å². The van der Waals surface area contributed by atoms with Crippen molar-refractivity contribution in [3.8, 4) is 6.07 Å². The highest BCUT2D eigenvalue weighted by Gasteiger charge is 2.04. The topological polar surface area (TPSA) is 35.8 Å². The third-order valence-corrected chi connectivity index (χ3v) is 2.55. The van der Waals surface area contributed by atoms with Gasteiger partial charge in [0.25, 0.3) is 0 Å². The molecule has 2 aromatic carbocycles. The molecule has 2 nitrogen and oxygen atoms in total. The predicted molar refractivity (Wildman–Crippen MR) is 65.8 cm³/mol. The van der Waals surface area contributed by atoms with Crippen molar-refractivity contribution in [3.63, 3.8) is 0 Å². The van der Waals surface area contributed by atoms with Gasteiger partial charge in [-0.3, -0.25) is 0 Å². The number of benzene rings is 2. The molecule has 84 valence electrons. The fraction of sp³-hybridized carbons (Fsp3) is 0. The van der Waals surface area contributed by atoms with E-state index in [1.807, 2.05) is 0 Å². The van der Waals surface area contributed by atoms with E-state index in [9.17, 15) is 4.39 Å². The van der Waals surface area contributed by atoms with Crippen LogP contribution in [0.25, 0.3) is 0 Å². The lowest BCUT2D eigenvalue weighted by atomic mass is 10.2. The molecule has 0 heterocycles. The average molecular weight is 247 g/mol. The fourth-order valence-corrected chi connectivity index (χ4v) is 1.54. The summed E-state index contributed by atoms with van der Waals surface area (Å²) >= 11 is 5.59. The van der Waals surface area contributed by atoms with Gasteiger partial charge in [0, 0.05) is 5.69 Å². The maximum atomic E-state index is 13.2. The van der Waals surface area contributed by atoms with Gasteiger partial charge in [-0.25, -0.2) is 4.39 Å². The number of nitriles is 1. The molecule has 4 heteroatoms. The summed E-state index contributed by atoms with van der Waals surface area (Å²) in [4.78, 5) is 0. The Labute approximate surface area is 103 Å². The first-order valence-electron chi connectivity index (χ1n) is 4.92. The zero-order valence-corrected chi connectivity index (χ0v) is 9.50. The maximum absolute atomic E-state index is 13.2. The number of halogens is 2. The zero-order chi connectivity index (χ0) is 12.3. The third-order valence-electron chi connectivity index (χ3n) is 2.25. The minimum Gasteiger partial charge on any atom is -0.354 e. The van der Waals surface area contributed by atoms with E-state index in [0.29, 0.717) is 16.9 Å². The summed E-state index contributed by atoms with van der Waals surface area (Å²) < 4.78 is 13.2. The molecule has 2 rings (SSSR count). The Bertz CT molecular complexity index is 590. The summed E-state index contributed by atoms with van der Waals surface area (Å²) in [6, 6.07) is 13.5. The van der Waals surface area contributed by atoms with E-state index >= 15 is 0 Å². The first-order chi connectivity index (χ1) is 8.20. The van der Waals surface area contributed by atoms with Gasteiger partial charge in [-0.1, -0.05) is 23.7 Å². The van der Waals surface area contributed by atoms with Crippen LogP contribution in [0.1, 0.15) is 5.56 Å². The number of rotatable bonds is 2. The number of anilines is 2. The molecular formula is C13H8ClFN2. The van der Waals surface area contributed by atoms with Gasteiger partial charge >= 0.3 is 0 Å². The molecular weight excluding hydrogens is 239 g/mol. The summed E-state index contributed by atoms with van der Waals surface area (Å²) in [5.41, 5.74) is 1.69. The average Bonchev–Trinajstić information content (AvgIpc) is 2.34. The molecule has 0 fully saturated rings. The molecule has 0 aromatic heterocycles. The highest BCUT2D eigenvalue weighted by molar-refractivity contribution is 6.30. The van der Waals surface area contributed by atoms with Crippen molar-refractivity contribution < 1.29 is 4.39 Å². The van der Waals surface area contributed by atoms with Crippen LogP contribution in [0.15, 0.2) is 42.5 Å². The van der Waals surface area contributed by atoms with E-state index in [1.54, 1.807) is 30.3 Å².